The molecule has 452 valence electrons. The zero-order valence-corrected chi connectivity index (χ0v) is 51.9. The minimum Gasteiger partial charge on any atom is -0.462 e. The highest BCUT2D eigenvalue weighted by Gasteiger charge is 2.19. The second kappa shape index (κ2) is 66.4. The maximum Gasteiger partial charge on any atom is 0.306 e. The number of hydrogen-bond donors (Lipinski definition) is 0. The van der Waals surface area contributed by atoms with E-state index in [4.69, 9.17) is 14.2 Å². The first-order valence-electron chi connectivity index (χ1n) is 33.9. The fourth-order valence-corrected chi connectivity index (χ4v) is 9.92. The van der Waals surface area contributed by atoms with Crippen LogP contribution in [0.1, 0.15) is 348 Å². The number of carbonyl (C=O) groups is 3. The zero-order chi connectivity index (χ0) is 56.4. The van der Waals surface area contributed by atoms with Gasteiger partial charge in [0.05, 0.1) is 0 Å². The quantitative estimate of drug-likeness (QED) is 0.0261. The molecule has 0 saturated carbocycles. The molecule has 0 aromatic heterocycles. The maximum absolute atomic E-state index is 12.9. The van der Waals surface area contributed by atoms with Gasteiger partial charge in [-0.15, -0.1) is 0 Å². The number of carbonyl (C=O) groups excluding carboxylic acids is 3. The van der Waals surface area contributed by atoms with E-state index >= 15 is 0 Å². The lowest BCUT2D eigenvalue weighted by Gasteiger charge is -2.18. The molecular weight excluding hydrogens is 961 g/mol. The van der Waals surface area contributed by atoms with Crippen LogP contribution in [-0.4, -0.2) is 37.2 Å². The topological polar surface area (TPSA) is 78.9 Å². The van der Waals surface area contributed by atoms with Gasteiger partial charge in [-0.1, -0.05) is 331 Å². The molecule has 0 aliphatic heterocycles. The van der Waals surface area contributed by atoms with Gasteiger partial charge in [-0.05, 0) is 70.6 Å². The first-order valence-corrected chi connectivity index (χ1v) is 33.9. The first-order chi connectivity index (χ1) is 38.5. The van der Waals surface area contributed by atoms with Crippen LogP contribution in [0.4, 0.5) is 0 Å². The second-order valence-corrected chi connectivity index (χ2v) is 22.7. The van der Waals surface area contributed by atoms with E-state index in [1.807, 2.05) is 0 Å². The number of ether oxygens (including phenoxy) is 3. The average Bonchev–Trinajstić information content (AvgIpc) is 3.44. The molecule has 0 bridgehead atoms. The number of esters is 3. The Balaban J connectivity index is 4.13. The molecule has 0 rings (SSSR count). The van der Waals surface area contributed by atoms with Crippen LogP contribution in [0.25, 0.3) is 0 Å². The molecule has 6 heteroatoms. The number of rotatable bonds is 62. The summed E-state index contributed by atoms with van der Waals surface area (Å²) >= 11 is 0. The summed E-state index contributed by atoms with van der Waals surface area (Å²) in [6, 6.07) is 0. The highest BCUT2D eigenvalue weighted by atomic mass is 16.6. The van der Waals surface area contributed by atoms with Crippen LogP contribution in [-0.2, 0) is 28.6 Å². The first kappa shape index (κ1) is 74.8. The van der Waals surface area contributed by atoms with Gasteiger partial charge >= 0.3 is 17.9 Å². The molecule has 0 N–H and O–H groups in total. The van der Waals surface area contributed by atoms with E-state index in [9.17, 15) is 14.4 Å². The van der Waals surface area contributed by atoms with Gasteiger partial charge in [-0.2, -0.15) is 0 Å². The van der Waals surface area contributed by atoms with Gasteiger partial charge in [0, 0.05) is 19.3 Å². The van der Waals surface area contributed by atoms with Gasteiger partial charge in [-0.25, -0.2) is 0 Å². The predicted octanol–water partition coefficient (Wildman–Crippen LogP) is 23.3. The molecule has 6 nitrogen and oxygen atoms in total. The predicted molar refractivity (Wildman–Crippen MR) is 339 cm³/mol. The summed E-state index contributed by atoms with van der Waals surface area (Å²) in [4.78, 5) is 38.2. The van der Waals surface area contributed by atoms with Crippen molar-refractivity contribution in [2.75, 3.05) is 13.2 Å². The van der Waals surface area contributed by atoms with Crippen molar-refractivity contribution in [2.24, 2.45) is 0 Å². The van der Waals surface area contributed by atoms with Crippen LogP contribution < -0.4 is 0 Å². The minimum absolute atomic E-state index is 0.0822. The fraction of sp³-hybridized carbons (Fsp3) is 0.792. The van der Waals surface area contributed by atoms with E-state index in [2.05, 4.69) is 93.7 Å². The Morgan fingerprint density at radius 1 is 0.269 bits per heavy atom. The molecular formula is C72H128O6. The van der Waals surface area contributed by atoms with E-state index in [-0.39, 0.29) is 31.1 Å². The molecule has 0 fully saturated rings. The van der Waals surface area contributed by atoms with Gasteiger partial charge in [0.2, 0.25) is 0 Å². The molecule has 1 unspecified atom stereocenters. The summed E-state index contributed by atoms with van der Waals surface area (Å²) in [7, 11) is 0. The lowest BCUT2D eigenvalue weighted by molar-refractivity contribution is -0.167. The molecule has 0 heterocycles. The Morgan fingerprint density at radius 2 is 0.500 bits per heavy atom. The SMILES string of the molecule is CC/C=C\C/C=C\C/C=C\C/C=C\C/C=C\C/C=C\CCCCCCC(=O)OC(COC(=O)CCCCCCCCCC)COC(=O)CCCCCCCCCCCCCCCCCCCCCCCCCCCCCCC. The monoisotopic (exact) mass is 1090 g/mol. The molecule has 0 aliphatic rings. The average molecular weight is 1090 g/mol. The standard InChI is InChI=1S/C72H128O6/c1-4-7-10-13-16-19-21-23-25-27-29-31-33-34-35-36-37-38-40-41-43-45-47-49-51-53-56-59-62-65-71(74)77-68-69(67-76-70(73)64-61-58-55-18-15-12-9-6-3)78-72(75)66-63-60-57-54-52-50-48-46-44-42-39-32-30-28-26-24-22-20-17-14-11-8-5-2/h8,11,17,20,24,26,30,32,42,44,48,50,69H,4-7,9-10,12-16,18-19,21-23,25,27-29,31,33-41,43,45-47,49,51-68H2,1-3H3/b11-8-,20-17-,26-24-,32-30-,44-42-,50-48-. The zero-order valence-electron chi connectivity index (χ0n) is 51.9. The molecule has 0 aromatic carbocycles. The van der Waals surface area contributed by atoms with Crippen molar-refractivity contribution >= 4 is 17.9 Å². The van der Waals surface area contributed by atoms with Crippen molar-refractivity contribution in [3.8, 4) is 0 Å². The summed E-state index contributed by atoms with van der Waals surface area (Å²) < 4.78 is 16.9. The van der Waals surface area contributed by atoms with E-state index < -0.39 is 6.10 Å². The van der Waals surface area contributed by atoms with Crippen molar-refractivity contribution < 1.29 is 28.6 Å². The minimum atomic E-state index is -0.786. The van der Waals surface area contributed by atoms with Gasteiger partial charge in [0.15, 0.2) is 6.10 Å². The van der Waals surface area contributed by atoms with Crippen molar-refractivity contribution in [1.82, 2.24) is 0 Å². The van der Waals surface area contributed by atoms with Crippen LogP contribution in [0, 0.1) is 0 Å². The Morgan fingerprint density at radius 3 is 0.782 bits per heavy atom. The van der Waals surface area contributed by atoms with E-state index in [0.29, 0.717) is 19.3 Å². The molecule has 0 aliphatic carbocycles. The van der Waals surface area contributed by atoms with Crippen LogP contribution >= 0.6 is 0 Å². The lowest BCUT2D eigenvalue weighted by Crippen LogP contribution is -2.30. The van der Waals surface area contributed by atoms with E-state index in [1.54, 1.807) is 0 Å². The highest BCUT2D eigenvalue weighted by molar-refractivity contribution is 5.71. The van der Waals surface area contributed by atoms with Crippen LogP contribution in [0.2, 0.25) is 0 Å². The van der Waals surface area contributed by atoms with Crippen molar-refractivity contribution in [3.63, 3.8) is 0 Å². The number of unbranched alkanes of at least 4 members (excludes halogenated alkanes) is 39. The van der Waals surface area contributed by atoms with Crippen molar-refractivity contribution in [2.45, 2.75) is 354 Å². The van der Waals surface area contributed by atoms with Crippen LogP contribution in [0.15, 0.2) is 72.9 Å². The Labute approximate surface area is 484 Å². The lowest BCUT2D eigenvalue weighted by atomic mass is 10.0. The summed E-state index contributed by atoms with van der Waals surface area (Å²) in [5, 5.41) is 0. The largest absolute Gasteiger partial charge is 0.462 e. The highest BCUT2D eigenvalue weighted by Crippen LogP contribution is 2.18. The van der Waals surface area contributed by atoms with Gasteiger partial charge in [-0.3, -0.25) is 14.4 Å². The molecule has 0 saturated heterocycles. The van der Waals surface area contributed by atoms with E-state index in [0.717, 1.165) is 109 Å². The summed E-state index contributed by atoms with van der Waals surface area (Å²) in [6.07, 6.45) is 86.7. The van der Waals surface area contributed by atoms with Gasteiger partial charge < -0.3 is 14.2 Å². The maximum atomic E-state index is 12.9. The Kier molecular flexibility index (Phi) is 63.7. The molecule has 78 heavy (non-hydrogen) atoms. The molecule has 0 amide bonds. The molecule has 0 spiro atoms. The smallest absolute Gasteiger partial charge is 0.306 e. The third-order valence-electron chi connectivity index (χ3n) is 15.0. The Hall–Kier alpha value is -3.15. The second-order valence-electron chi connectivity index (χ2n) is 22.7. The van der Waals surface area contributed by atoms with Gasteiger partial charge in [0.1, 0.15) is 13.2 Å². The number of allylic oxidation sites excluding steroid dienone is 12. The fourth-order valence-electron chi connectivity index (χ4n) is 9.92. The molecule has 0 radical (unpaired) electrons. The summed E-state index contributed by atoms with van der Waals surface area (Å²) in [5.74, 6) is -0.896. The number of hydrogen-bond acceptors (Lipinski definition) is 6. The van der Waals surface area contributed by atoms with Gasteiger partial charge in [0.25, 0.3) is 0 Å². The summed E-state index contributed by atoms with van der Waals surface area (Å²) in [6.45, 7) is 6.52. The van der Waals surface area contributed by atoms with Crippen LogP contribution in [0.5, 0.6) is 0 Å². The van der Waals surface area contributed by atoms with Crippen LogP contribution in [0.3, 0.4) is 0 Å². The molecule has 1 atom stereocenters. The third-order valence-corrected chi connectivity index (χ3v) is 15.0. The van der Waals surface area contributed by atoms with E-state index in [1.165, 1.54) is 199 Å². The van der Waals surface area contributed by atoms with Crippen molar-refractivity contribution in [1.29, 1.82) is 0 Å². The third kappa shape index (κ3) is 63.7. The normalized spacial score (nSPS) is 12.5. The summed E-state index contributed by atoms with van der Waals surface area (Å²) in [5.41, 5.74) is 0. The van der Waals surface area contributed by atoms with Crippen molar-refractivity contribution in [3.05, 3.63) is 72.9 Å². The Bertz CT molecular complexity index is 1440. The molecule has 0 aromatic rings.